The lowest BCUT2D eigenvalue weighted by Crippen LogP contribution is -2.31. The van der Waals surface area contributed by atoms with Crippen LogP contribution >= 0.6 is 15.9 Å². The summed E-state index contributed by atoms with van der Waals surface area (Å²) in [5, 5.41) is 12.3. The molecule has 5 nitrogen and oxygen atoms in total. The molecule has 4 rings (SSSR count). The molecule has 0 aliphatic rings. The Morgan fingerprint density at radius 3 is 2.44 bits per heavy atom. The number of rotatable bonds is 8. The maximum Gasteiger partial charge on any atom is 0.416 e. The van der Waals surface area contributed by atoms with E-state index in [9.17, 15) is 27.2 Å². The predicted molar refractivity (Wildman–Crippen MR) is 143 cm³/mol. The molecule has 0 fully saturated rings. The summed E-state index contributed by atoms with van der Waals surface area (Å²) < 4.78 is 56.7. The first-order valence-electron chi connectivity index (χ1n) is 12.0. The van der Waals surface area contributed by atoms with Crippen molar-refractivity contribution in [2.45, 2.75) is 31.9 Å². The van der Waals surface area contributed by atoms with Crippen LogP contribution in [0.4, 0.5) is 17.6 Å². The predicted octanol–water partition coefficient (Wildman–Crippen LogP) is 7.51. The zero-order valence-electron chi connectivity index (χ0n) is 20.7. The summed E-state index contributed by atoms with van der Waals surface area (Å²) >= 11 is 3.40. The summed E-state index contributed by atoms with van der Waals surface area (Å²) in [5.41, 5.74) is 0.808. The Kier molecular flexibility index (Phi) is 8.34. The van der Waals surface area contributed by atoms with E-state index in [4.69, 9.17) is 10.1 Å². The first-order chi connectivity index (χ1) is 18.5. The fourth-order valence-corrected chi connectivity index (χ4v) is 5.01. The van der Waals surface area contributed by atoms with E-state index in [1.54, 1.807) is 25.1 Å². The van der Waals surface area contributed by atoms with Crippen molar-refractivity contribution in [2.75, 3.05) is 6.54 Å². The molecule has 1 heterocycles. The molecule has 1 aromatic heterocycles. The van der Waals surface area contributed by atoms with Crippen LogP contribution in [0.5, 0.6) is 0 Å². The van der Waals surface area contributed by atoms with Crippen molar-refractivity contribution in [3.8, 4) is 11.3 Å². The van der Waals surface area contributed by atoms with Gasteiger partial charge in [0.1, 0.15) is 5.82 Å². The lowest BCUT2D eigenvalue weighted by Gasteiger charge is -2.23. The van der Waals surface area contributed by atoms with Crippen LogP contribution in [0.15, 0.2) is 71.2 Å². The van der Waals surface area contributed by atoms with Crippen molar-refractivity contribution in [2.24, 2.45) is 0 Å². The van der Waals surface area contributed by atoms with Gasteiger partial charge in [-0.1, -0.05) is 52.3 Å². The number of halogens is 5. The molecule has 0 aliphatic carbocycles. The van der Waals surface area contributed by atoms with E-state index < -0.39 is 53.9 Å². The van der Waals surface area contributed by atoms with Gasteiger partial charge in [-0.25, -0.2) is 9.37 Å². The molecule has 4 aromatic rings. The van der Waals surface area contributed by atoms with Crippen molar-refractivity contribution >= 4 is 38.7 Å². The number of amides is 1. The molecular formula is C29H23BrF4N2O3. The van der Waals surface area contributed by atoms with E-state index in [0.717, 1.165) is 23.8 Å². The lowest BCUT2D eigenvalue weighted by molar-refractivity contribution is -0.138. The first kappa shape index (κ1) is 28.2. The van der Waals surface area contributed by atoms with Gasteiger partial charge in [-0.2, -0.15) is 13.2 Å². The second-order valence-electron chi connectivity index (χ2n) is 9.03. The number of alkyl halides is 3. The topological polar surface area (TPSA) is 79.3 Å². The Labute approximate surface area is 230 Å². The average molecular weight is 603 g/mol. The van der Waals surface area contributed by atoms with E-state index >= 15 is 0 Å². The highest BCUT2D eigenvalue weighted by Gasteiger charge is 2.37. The van der Waals surface area contributed by atoms with Crippen LogP contribution in [-0.4, -0.2) is 28.5 Å². The number of nitrogens with zero attached hydrogens (tertiary/aromatic N) is 1. The molecule has 202 valence electrons. The molecule has 1 amide bonds. The van der Waals surface area contributed by atoms with E-state index in [1.807, 2.05) is 30.3 Å². The summed E-state index contributed by atoms with van der Waals surface area (Å²) in [7, 11) is 0. The molecule has 0 bridgehead atoms. The van der Waals surface area contributed by atoms with Gasteiger partial charge in [0.05, 0.1) is 22.3 Å². The van der Waals surface area contributed by atoms with Crippen LogP contribution < -0.4 is 5.32 Å². The monoisotopic (exact) mass is 602 g/mol. The van der Waals surface area contributed by atoms with E-state index in [2.05, 4.69) is 21.2 Å². The second-order valence-corrected chi connectivity index (χ2v) is 9.94. The number of hydrogen-bond donors (Lipinski definition) is 2. The number of carboxylic acid groups (broad SMARTS) is 1. The van der Waals surface area contributed by atoms with Gasteiger partial charge in [0.2, 0.25) is 0 Å². The molecule has 0 radical (unpaired) electrons. The highest BCUT2D eigenvalue weighted by molar-refractivity contribution is 9.10. The van der Waals surface area contributed by atoms with Crippen LogP contribution in [0, 0.1) is 12.7 Å². The third-order valence-electron chi connectivity index (χ3n) is 6.45. The third kappa shape index (κ3) is 6.27. The van der Waals surface area contributed by atoms with Crippen LogP contribution in [0.1, 0.15) is 45.8 Å². The van der Waals surface area contributed by atoms with E-state index in [1.165, 1.54) is 0 Å². The number of aromatic nitrogens is 1. The normalized spacial score (nSPS) is 12.4. The van der Waals surface area contributed by atoms with E-state index in [0.29, 0.717) is 26.6 Å². The Morgan fingerprint density at radius 1 is 1.05 bits per heavy atom. The fraction of sp³-hybridized carbons (Fsp3) is 0.207. The molecule has 1 atom stereocenters. The minimum absolute atomic E-state index is 0.265. The Hall–Kier alpha value is -3.79. The SMILES string of the molecule is Cc1c(-c2ccccc2)nc2ccc(Br)cc2c1C(=O)NCC(CCC(=O)O)c1c(F)cccc1C(F)(F)F. The number of fused-ring (bicyclic) bond motifs is 1. The van der Waals surface area contributed by atoms with Crippen molar-refractivity contribution < 1.29 is 32.3 Å². The Morgan fingerprint density at radius 2 is 1.77 bits per heavy atom. The zero-order chi connectivity index (χ0) is 28.3. The number of carboxylic acids is 1. The average Bonchev–Trinajstić information content (AvgIpc) is 2.88. The van der Waals surface area contributed by atoms with Gasteiger partial charge >= 0.3 is 12.1 Å². The van der Waals surface area contributed by atoms with Crippen molar-refractivity contribution in [1.29, 1.82) is 0 Å². The first-order valence-corrected chi connectivity index (χ1v) is 12.8. The van der Waals surface area contributed by atoms with Crippen LogP contribution in [0.2, 0.25) is 0 Å². The van der Waals surface area contributed by atoms with Crippen molar-refractivity contribution in [3.63, 3.8) is 0 Å². The summed E-state index contributed by atoms with van der Waals surface area (Å²) in [6, 6.07) is 17.0. The molecule has 0 saturated carbocycles. The van der Waals surface area contributed by atoms with Crippen LogP contribution in [-0.2, 0) is 11.0 Å². The van der Waals surface area contributed by atoms with Gasteiger partial charge in [0, 0.05) is 39.9 Å². The van der Waals surface area contributed by atoms with Gasteiger partial charge in [0.25, 0.3) is 5.91 Å². The van der Waals surface area contributed by atoms with Gasteiger partial charge in [0.15, 0.2) is 0 Å². The highest BCUT2D eigenvalue weighted by Crippen LogP contribution is 2.38. The molecule has 1 unspecified atom stereocenters. The summed E-state index contributed by atoms with van der Waals surface area (Å²) in [6.07, 6.45) is -5.68. The largest absolute Gasteiger partial charge is 0.481 e. The summed E-state index contributed by atoms with van der Waals surface area (Å²) in [4.78, 5) is 29.6. The number of aliphatic carboxylic acids is 1. The van der Waals surface area contributed by atoms with Crippen molar-refractivity contribution in [3.05, 3.63) is 99.3 Å². The number of carbonyl (C=O) groups is 2. The Bertz CT molecular complexity index is 1540. The summed E-state index contributed by atoms with van der Waals surface area (Å²) in [6.45, 7) is 1.32. The van der Waals surface area contributed by atoms with Gasteiger partial charge in [-0.05, 0) is 49.2 Å². The number of pyridine rings is 1. The number of hydrogen-bond acceptors (Lipinski definition) is 3. The van der Waals surface area contributed by atoms with Gasteiger partial charge in [-0.3, -0.25) is 9.59 Å². The fourth-order valence-electron chi connectivity index (χ4n) is 4.65. The summed E-state index contributed by atoms with van der Waals surface area (Å²) in [5.74, 6) is -4.20. The van der Waals surface area contributed by atoms with Crippen LogP contribution in [0.3, 0.4) is 0 Å². The highest BCUT2D eigenvalue weighted by atomic mass is 79.9. The quantitative estimate of drug-likeness (QED) is 0.205. The lowest BCUT2D eigenvalue weighted by atomic mass is 9.89. The maximum absolute atomic E-state index is 14.8. The molecule has 2 N–H and O–H groups in total. The number of carbonyl (C=O) groups excluding carboxylic acids is 1. The zero-order valence-corrected chi connectivity index (χ0v) is 22.2. The minimum atomic E-state index is -4.86. The standard InChI is InChI=1S/C29H23BrF4N2O3/c1-16-25(20-14-19(30)11-12-23(20)36-27(16)17-6-3-2-4-7-17)28(39)35-15-18(10-13-24(37)38)26-21(29(32,33)34)8-5-9-22(26)31/h2-9,11-12,14,18H,10,13,15H2,1H3,(H,35,39)(H,37,38). The smallest absolute Gasteiger partial charge is 0.416 e. The van der Waals surface area contributed by atoms with Crippen LogP contribution in [0.25, 0.3) is 22.2 Å². The van der Waals surface area contributed by atoms with Gasteiger partial charge < -0.3 is 10.4 Å². The molecule has 10 heteroatoms. The maximum atomic E-state index is 14.8. The molecule has 39 heavy (non-hydrogen) atoms. The van der Waals surface area contributed by atoms with Gasteiger partial charge in [-0.15, -0.1) is 0 Å². The molecule has 0 spiro atoms. The number of benzene rings is 3. The Balaban J connectivity index is 1.76. The minimum Gasteiger partial charge on any atom is -0.481 e. The van der Waals surface area contributed by atoms with Crippen molar-refractivity contribution in [1.82, 2.24) is 10.3 Å². The van der Waals surface area contributed by atoms with E-state index in [-0.39, 0.29) is 12.0 Å². The molecule has 3 aromatic carbocycles. The second kappa shape index (κ2) is 11.5. The molecule has 0 aliphatic heterocycles. The molecular weight excluding hydrogens is 580 g/mol. The third-order valence-corrected chi connectivity index (χ3v) is 6.94. The molecule has 0 saturated heterocycles. The number of nitrogens with one attached hydrogen (secondary N) is 1.